The Morgan fingerprint density at radius 1 is 1.33 bits per heavy atom. The summed E-state index contributed by atoms with van der Waals surface area (Å²) in [5.41, 5.74) is 0.678. The molecule has 0 aliphatic heterocycles. The number of nitrogens with one attached hydrogen (secondary N) is 1. The lowest BCUT2D eigenvalue weighted by atomic mass is 9.93. The van der Waals surface area contributed by atoms with Crippen molar-refractivity contribution in [3.05, 3.63) is 11.1 Å². The molecule has 0 aromatic carbocycles. The minimum atomic E-state index is -0.309. The fourth-order valence-corrected chi connectivity index (χ4v) is 2.07. The lowest BCUT2D eigenvalue weighted by molar-refractivity contribution is -0.125. The average Bonchev–Trinajstić information content (AvgIpc) is 2.61. The summed E-state index contributed by atoms with van der Waals surface area (Å²) in [6, 6.07) is 0. The van der Waals surface area contributed by atoms with Crippen LogP contribution in [0.25, 0.3) is 0 Å². The second-order valence-corrected chi connectivity index (χ2v) is 7.10. The van der Waals surface area contributed by atoms with Gasteiger partial charge in [-0.1, -0.05) is 20.8 Å². The lowest BCUT2D eigenvalue weighted by Gasteiger charge is -2.18. The standard InChI is InChI=1S/C13H22N2O2S/c1-12(2,3)9-8-18-11(14-9)15-10(16)7-17-13(4,5)6/h8H,7H2,1-6H3,(H,14,15,16). The minimum absolute atomic E-state index is 0.00138. The predicted octanol–water partition coefficient (Wildman–Crippen LogP) is 3.19. The van der Waals surface area contributed by atoms with E-state index in [1.807, 2.05) is 26.2 Å². The number of hydrogen-bond acceptors (Lipinski definition) is 4. The average molecular weight is 270 g/mol. The number of nitrogens with zero attached hydrogens (tertiary/aromatic N) is 1. The molecule has 0 unspecified atom stereocenters. The van der Waals surface area contributed by atoms with E-state index in [2.05, 4.69) is 31.1 Å². The summed E-state index contributed by atoms with van der Waals surface area (Å²) in [7, 11) is 0. The van der Waals surface area contributed by atoms with Crippen LogP contribution in [0.1, 0.15) is 47.2 Å². The minimum Gasteiger partial charge on any atom is -0.366 e. The van der Waals surface area contributed by atoms with Gasteiger partial charge in [0.15, 0.2) is 5.13 Å². The summed E-state index contributed by atoms with van der Waals surface area (Å²) in [6.07, 6.45) is 0. The molecule has 1 aromatic heterocycles. The molecule has 0 atom stereocenters. The van der Waals surface area contributed by atoms with Crippen molar-refractivity contribution in [2.75, 3.05) is 11.9 Å². The Morgan fingerprint density at radius 2 is 1.94 bits per heavy atom. The number of carbonyl (C=O) groups excluding carboxylic acids is 1. The molecule has 5 heteroatoms. The Hall–Kier alpha value is -0.940. The second-order valence-electron chi connectivity index (χ2n) is 6.24. The van der Waals surface area contributed by atoms with Gasteiger partial charge in [-0.2, -0.15) is 0 Å². The lowest BCUT2D eigenvalue weighted by Crippen LogP contribution is -2.27. The van der Waals surface area contributed by atoms with Gasteiger partial charge in [-0.05, 0) is 20.8 Å². The molecule has 18 heavy (non-hydrogen) atoms. The van der Waals surface area contributed by atoms with Gasteiger partial charge < -0.3 is 4.74 Å². The second kappa shape index (κ2) is 5.36. The first-order valence-electron chi connectivity index (χ1n) is 5.98. The third kappa shape index (κ3) is 5.14. The SMILES string of the molecule is CC(C)(C)OCC(=O)Nc1nc(C(C)(C)C)cs1. The number of ether oxygens (including phenoxy) is 1. The van der Waals surface area contributed by atoms with E-state index in [4.69, 9.17) is 4.74 Å². The molecule has 1 rings (SSSR count). The van der Waals surface area contributed by atoms with Crippen molar-refractivity contribution in [2.45, 2.75) is 52.6 Å². The van der Waals surface area contributed by atoms with E-state index >= 15 is 0 Å². The molecule has 0 fully saturated rings. The first-order valence-corrected chi connectivity index (χ1v) is 6.86. The summed E-state index contributed by atoms with van der Waals surface area (Å²) in [6.45, 7) is 12.1. The van der Waals surface area contributed by atoms with E-state index in [1.165, 1.54) is 11.3 Å². The molecule has 1 aromatic rings. The van der Waals surface area contributed by atoms with Crippen LogP contribution < -0.4 is 5.32 Å². The number of thiazole rings is 1. The fourth-order valence-electron chi connectivity index (χ4n) is 1.11. The van der Waals surface area contributed by atoms with Gasteiger partial charge in [-0.15, -0.1) is 11.3 Å². The molecule has 1 amide bonds. The molecule has 1 N–H and O–H groups in total. The molecule has 102 valence electrons. The smallest absolute Gasteiger partial charge is 0.252 e. The number of anilines is 1. The largest absolute Gasteiger partial charge is 0.366 e. The van der Waals surface area contributed by atoms with Crippen molar-refractivity contribution < 1.29 is 9.53 Å². The number of hydrogen-bond donors (Lipinski definition) is 1. The summed E-state index contributed by atoms with van der Waals surface area (Å²) < 4.78 is 5.40. The van der Waals surface area contributed by atoms with E-state index in [1.54, 1.807) is 0 Å². The maximum absolute atomic E-state index is 11.6. The Morgan fingerprint density at radius 3 is 2.39 bits per heavy atom. The molecule has 0 saturated carbocycles. The molecule has 1 heterocycles. The molecule has 0 aliphatic rings. The third-order valence-electron chi connectivity index (χ3n) is 2.16. The van der Waals surface area contributed by atoms with Crippen LogP contribution >= 0.6 is 11.3 Å². The van der Waals surface area contributed by atoms with Crippen molar-refractivity contribution in [3.8, 4) is 0 Å². The molecule has 0 saturated heterocycles. The highest BCUT2D eigenvalue weighted by molar-refractivity contribution is 7.13. The van der Waals surface area contributed by atoms with Gasteiger partial charge in [-0.3, -0.25) is 10.1 Å². The van der Waals surface area contributed by atoms with Gasteiger partial charge in [0, 0.05) is 10.8 Å². The van der Waals surface area contributed by atoms with Crippen molar-refractivity contribution in [1.82, 2.24) is 4.98 Å². The van der Waals surface area contributed by atoms with Crippen LogP contribution in [0.4, 0.5) is 5.13 Å². The molecule has 0 spiro atoms. The zero-order chi connectivity index (χ0) is 14.0. The number of rotatable bonds is 3. The number of carbonyl (C=O) groups is 1. The third-order valence-corrected chi connectivity index (χ3v) is 2.91. The van der Waals surface area contributed by atoms with Crippen LogP contribution in [0.5, 0.6) is 0 Å². The Balaban J connectivity index is 2.53. The quantitative estimate of drug-likeness (QED) is 0.917. The zero-order valence-corrected chi connectivity index (χ0v) is 12.8. The molecule has 0 radical (unpaired) electrons. The van der Waals surface area contributed by atoms with Crippen molar-refractivity contribution in [1.29, 1.82) is 0 Å². The molecule has 0 aliphatic carbocycles. The molecular formula is C13H22N2O2S. The van der Waals surface area contributed by atoms with Crippen LogP contribution in [0.15, 0.2) is 5.38 Å². The zero-order valence-electron chi connectivity index (χ0n) is 12.0. The topological polar surface area (TPSA) is 51.2 Å². The first kappa shape index (κ1) is 15.1. The maximum atomic E-state index is 11.6. The van der Waals surface area contributed by atoms with Crippen LogP contribution in [0.3, 0.4) is 0 Å². The van der Waals surface area contributed by atoms with Crippen LogP contribution in [-0.4, -0.2) is 23.1 Å². The van der Waals surface area contributed by atoms with Crippen LogP contribution in [0, 0.1) is 0 Å². The van der Waals surface area contributed by atoms with Gasteiger partial charge in [-0.25, -0.2) is 4.98 Å². The van der Waals surface area contributed by atoms with Gasteiger partial charge in [0.05, 0.1) is 11.3 Å². The Kier molecular flexibility index (Phi) is 4.50. The van der Waals surface area contributed by atoms with Crippen molar-refractivity contribution in [3.63, 3.8) is 0 Å². The summed E-state index contributed by atoms with van der Waals surface area (Å²) >= 11 is 1.44. The summed E-state index contributed by atoms with van der Waals surface area (Å²) in [5, 5.41) is 5.35. The molecule has 4 nitrogen and oxygen atoms in total. The highest BCUT2D eigenvalue weighted by Crippen LogP contribution is 2.26. The summed E-state index contributed by atoms with van der Waals surface area (Å²) in [5.74, 6) is -0.167. The summed E-state index contributed by atoms with van der Waals surface area (Å²) in [4.78, 5) is 16.0. The normalized spacial score (nSPS) is 12.6. The van der Waals surface area contributed by atoms with Crippen molar-refractivity contribution in [2.24, 2.45) is 0 Å². The van der Waals surface area contributed by atoms with E-state index in [0.29, 0.717) is 5.13 Å². The molecule has 0 bridgehead atoms. The predicted molar refractivity (Wildman–Crippen MR) is 75.1 cm³/mol. The van der Waals surface area contributed by atoms with Crippen LogP contribution in [0.2, 0.25) is 0 Å². The van der Waals surface area contributed by atoms with Crippen LogP contribution in [-0.2, 0) is 14.9 Å². The monoisotopic (exact) mass is 270 g/mol. The molecular weight excluding hydrogens is 248 g/mol. The van der Waals surface area contributed by atoms with Gasteiger partial charge in [0.1, 0.15) is 6.61 Å². The van der Waals surface area contributed by atoms with E-state index in [-0.39, 0.29) is 23.5 Å². The van der Waals surface area contributed by atoms with Gasteiger partial charge >= 0.3 is 0 Å². The first-order chi connectivity index (χ1) is 8.08. The fraction of sp³-hybridized carbons (Fsp3) is 0.692. The Bertz CT molecular complexity index is 413. The Labute approximate surface area is 113 Å². The number of amides is 1. The highest BCUT2D eigenvalue weighted by Gasteiger charge is 2.18. The number of aromatic nitrogens is 1. The van der Waals surface area contributed by atoms with E-state index in [0.717, 1.165) is 5.69 Å². The van der Waals surface area contributed by atoms with Gasteiger partial charge in [0.25, 0.3) is 5.91 Å². The highest BCUT2D eigenvalue weighted by atomic mass is 32.1. The van der Waals surface area contributed by atoms with E-state index in [9.17, 15) is 4.79 Å². The van der Waals surface area contributed by atoms with E-state index < -0.39 is 0 Å². The van der Waals surface area contributed by atoms with Crippen molar-refractivity contribution >= 4 is 22.4 Å². The van der Waals surface area contributed by atoms with Gasteiger partial charge in [0.2, 0.25) is 0 Å². The maximum Gasteiger partial charge on any atom is 0.252 e.